The van der Waals surface area contributed by atoms with Crippen molar-refractivity contribution in [1.82, 2.24) is 4.90 Å². The van der Waals surface area contributed by atoms with E-state index in [-0.39, 0.29) is 18.3 Å². The van der Waals surface area contributed by atoms with Crippen LogP contribution in [0.4, 0.5) is 24.5 Å². The summed E-state index contributed by atoms with van der Waals surface area (Å²) in [6, 6.07) is 11.5. The lowest BCUT2D eigenvalue weighted by molar-refractivity contribution is -0.143. The molecular weight excluding hydrogens is 477 g/mol. The Labute approximate surface area is 201 Å². The van der Waals surface area contributed by atoms with E-state index in [0.29, 0.717) is 45.0 Å². The number of benzene rings is 2. The molecule has 0 bridgehead atoms. The van der Waals surface area contributed by atoms with Gasteiger partial charge in [-0.25, -0.2) is 0 Å². The average Bonchev–Trinajstić information content (AvgIpc) is 2.77. The Morgan fingerprint density at radius 2 is 1.82 bits per heavy atom. The lowest BCUT2D eigenvalue weighted by atomic mass is 9.98. The molecule has 2 aliphatic rings. The first-order valence-corrected chi connectivity index (χ1v) is 11.4. The van der Waals surface area contributed by atoms with E-state index >= 15 is 0 Å². The van der Waals surface area contributed by atoms with Gasteiger partial charge in [-0.1, -0.05) is 23.9 Å². The molecular formula is C23H26ClF3N2O3S. The van der Waals surface area contributed by atoms with Gasteiger partial charge in [-0.2, -0.15) is 13.2 Å². The van der Waals surface area contributed by atoms with Gasteiger partial charge in [0.25, 0.3) is 0 Å². The van der Waals surface area contributed by atoms with Gasteiger partial charge in [-0.05, 0) is 49.7 Å². The van der Waals surface area contributed by atoms with Gasteiger partial charge in [0.15, 0.2) is 0 Å². The van der Waals surface area contributed by atoms with Gasteiger partial charge >= 0.3 is 12.1 Å². The minimum Gasteiger partial charge on any atom is -0.481 e. The number of anilines is 2. The van der Waals surface area contributed by atoms with Crippen LogP contribution >= 0.6 is 24.2 Å². The van der Waals surface area contributed by atoms with Crippen LogP contribution in [0.3, 0.4) is 0 Å². The van der Waals surface area contributed by atoms with Gasteiger partial charge in [0.2, 0.25) is 0 Å². The second kappa shape index (κ2) is 11.0. The third-order valence-corrected chi connectivity index (χ3v) is 6.95. The number of fused-ring (bicyclic) bond motifs is 2. The molecule has 4 rings (SSSR count). The maximum Gasteiger partial charge on any atom is 0.416 e. The normalized spacial score (nSPS) is 18.3. The topological polar surface area (TPSA) is 53.0 Å². The molecule has 33 heavy (non-hydrogen) atoms. The quantitative estimate of drug-likeness (QED) is 0.501. The summed E-state index contributed by atoms with van der Waals surface area (Å²) >= 11 is 1.47. The van der Waals surface area contributed by atoms with Crippen molar-refractivity contribution in [2.24, 2.45) is 5.92 Å². The number of carbonyl (C=O) groups is 1. The van der Waals surface area contributed by atoms with Crippen molar-refractivity contribution >= 4 is 41.5 Å². The molecule has 1 N–H and O–H groups in total. The molecule has 2 aliphatic heterocycles. The first kappa shape index (κ1) is 25.7. The van der Waals surface area contributed by atoms with E-state index in [9.17, 15) is 23.1 Å². The third-order valence-electron chi connectivity index (χ3n) is 5.82. The highest BCUT2D eigenvalue weighted by atomic mass is 35.5. The van der Waals surface area contributed by atoms with Gasteiger partial charge in [0.1, 0.15) is 0 Å². The van der Waals surface area contributed by atoms with Crippen LogP contribution in [-0.2, 0) is 15.7 Å². The lowest BCUT2D eigenvalue weighted by Crippen LogP contribution is -2.40. The van der Waals surface area contributed by atoms with Gasteiger partial charge < -0.3 is 19.6 Å². The van der Waals surface area contributed by atoms with Crippen molar-refractivity contribution in [3.05, 3.63) is 48.0 Å². The van der Waals surface area contributed by atoms with Gasteiger partial charge in [0.05, 0.1) is 36.1 Å². The summed E-state index contributed by atoms with van der Waals surface area (Å²) in [5.74, 6) is -1.08. The van der Waals surface area contributed by atoms with Crippen LogP contribution in [0.2, 0.25) is 0 Å². The van der Waals surface area contributed by atoms with E-state index in [0.717, 1.165) is 34.5 Å². The van der Waals surface area contributed by atoms with Crippen LogP contribution in [0.1, 0.15) is 18.4 Å². The molecule has 0 saturated carbocycles. The number of rotatable bonds is 7. The Morgan fingerprint density at radius 3 is 2.58 bits per heavy atom. The Bertz CT molecular complexity index is 976. The molecule has 1 saturated heterocycles. The molecule has 10 heteroatoms. The Kier molecular flexibility index (Phi) is 8.55. The average molecular weight is 503 g/mol. The Hall–Kier alpha value is -1.94. The molecule has 0 aromatic heterocycles. The van der Waals surface area contributed by atoms with Crippen LogP contribution in [0, 0.1) is 5.92 Å². The summed E-state index contributed by atoms with van der Waals surface area (Å²) in [6.07, 6.45) is -2.84. The molecule has 0 spiro atoms. The molecule has 2 aromatic rings. The van der Waals surface area contributed by atoms with Gasteiger partial charge in [0, 0.05) is 29.4 Å². The summed E-state index contributed by atoms with van der Waals surface area (Å²) in [5.41, 5.74) is 0.737. The molecule has 0 radical (unpaired) electrons. The minimum absolute atomic E-state index is 0. The number of ether oxygens (including phenoxy) is 1. The number of hydrogen-bond donors (Lipinski definition) is 1. The van der Waals surface area contributed by atoms with Crippen molar-refractivity contribution in [1.29, 1.82) is 0 Å². The summed E-state index contributed by atoms with van der Waals surface area (Å²) in [5, 5.41) is 9.20. The molecule has 180 valence electrons. The second-order valence-corrected chi connectivity index (χ2v) is 9.08. The maximum absolute atomic E-state index is 13.3. The van der Waals surface area contributed by atoms with Crippen molar-refractivity contribution in [3.8, 4) is 0 Å². The zero-order valence-corrected chi connectivity index (χ0v) is 19.5. The summed E-state index contributed by atoms with van der Waals surface area (Å²) in [7, 11) is 0. The van der Waals surface area contributed by atoms with Crippen LogP contribution < -0.4 is 4.90 Å². The fraction of sp³-hybridized carbons (Fsp3) is 0.435. The zero-order valence-electron chi connectivity index (χ0n) is 17.9. The van der Waals surface area contributed by atoms with Crippen LogP contribution in [-0.4, -0.2) is 55.4 Å². The lowest BCUT2D eigenvalue weighted by Gasteiger charge is -2.33. The van der Waals surface area contributed by atoms with Crippen molar-refractivity contribution in [2.45, 2.75) is 28.8 Å². The van der Waals surface area contributed by atoms with Crippen molar-refractivity contribution in [2.75, 3.05) is 44.3 Å². The van der Waals surface area contributed by atoms with E-state index < -0.39 is 17.7 Å². The number of nitrogens with zero attached hydrogens (tertiary/aromatic N) is 2. The monoisotopic (exact) mass is 502 g/mol. The first-order valence-electron chi connectivity index (χ1n) is 10.6. The zero-order chi connectivity index (χ0) is 22.7. The summed E-state index contributed by atoms with van der Waals surface area (Å²) in [6.45, 7) is 3.26. The molecule has 2 heterocycles. The SMILES string of the molecule is Cl.O=C(O)[C@@H]1CCCN(CCOCCN2c3ccccc3Sc3ccc(C(F)(F)F)cc32)C1. The number of halogens is 4. The number of hydrogen-bond acceptors (Lipinski definition) is 5. The van der Waals surface area contributed by atoms with Crippen LogP contribution in [0.25, 0.3) is 0 Å². The molecule has 1 fully saturated rings. The number of likely N-dealkylation sites (tertiary alicyclic amines) is 1. The van der Waals surface area contributed by atoms with E-state index in [1.165, 1.54) is 23.9 Å². The highest BCUT2D eigenvalue weighted by Crippen LogP contribution is 2.49. The molecule has 0 amide bonds. The van der Waals surface area contributed by atoms with E-state index in [4.69, 9.17) is 4.74 Å². The fourth-order valence-corrected chi connectivity index (χ4v) is 5.23. The number of aliphatic carboxylic acids is 1. The molecule has 2 aromatic carbocycles. The van der Waals surface area contributed by atoms with Gasteiger partial charge in [-0.3, -0.25) is 4.79 Å². The summed E-state index contributed by atoms with van der Waals surface area (Å²) in [4.78, 5) is 17.0. The van der Waals surface area contributed by atoms with Crippen LogP contribution in [0.5, 0.6) is 0 Å². The number of carboxylic acids is 1. The van der Waals surface area contributed by atoms with E-state index in [1.807, 2.05) is 29.2 Å². The number of piperidine rings is 1. The van der Waals surface area contributed by atoms with Crippen molar-refractivity contribution < 1.29 is 27.8 Å². The Morgan fingerprint density at radius 1 is 1.09 bits per heavy atom. The highest BCUT2D eigenvalue weighted by Gasteiger charge is 2.33. The largest absolute Gasteiger partial charge is 0.481 e. The van der Waals surface area contributed by atoms with E-state index in [2.05, 4.69) is 4.90 Å². The Balaban J connectivity index is 0.00000306. The molecule has 5 nitrogen and oxygen atoms in total. The molecule has 0 unspecified atom stereocenters. The molecule has 1 atom stereocenters. The van der Waals surface area contributed by atoms with Crippen molar-refractivity contribution in [3.63, 3.8) is 0 Å². The van der Waals surface area contributed by atoms with Gasteiger partial charge in [-0.15, -0.1) is 12.4 Å². The number of carboxylic acid groups (broad SMARTS) is 1. The predicted molar refractivity (Wildman–Crippen MR) is 124 cm³/mol. The smallest absolute Gasteiger partial charge is 0.416 e. The highest BCUT2D eigenvalue weighted by molar-refractivity contribution is 7.99. The second-order valence-electron chi connectivity index (χ2n) is 7.99. The first-order chi connectivity index (χ1) is 15.3. The predicted octanol–water partition coefficient (Wildman–Crippen LogP) is 5.54. The van der Waals surface area contributed by atoms with E-state index in [1.54, 1.807) is 0 Å². The number of alkyl halides is 3. The fourth-order valence-electron chi connectivity index (χ4n) is 4.16. The molecule has 0 aliphatic carbocycles. The standard InChI is InChI=1S/C23H25F3N2O3S.ClH/c24-23(25,26)17-7-8-21-19(14-17)28(18-5-1-2-6-20(18)32-21)11-13-31-12-10-27-9-3-4-16(15-27)22(29)30;/h1-2,5-8,14,16H,3-4,9-13,15H2,(H,29,30);1H/t16-;/m1./s1. The van der Waals surface area contributed by atoms with Crippen LogP contribution in [0.15, 0.2) is 52.3 Å². The third kappa shape index (κ3) is 6.15. The minimum atomic E-state index is -4.40. The maximum atomic E-state index is 13.3. The summed E-state index contributed by atoms with van der Waals surface area (Å²) < 4.78 is 45.7. The number of para-hydroxylation sites is 1.